The summed E-state index contributed by atoms with van der Waals surface area (Å²) in [5, 5.41) is 0. The normalized spacial score (nSPS) is 25.8. The van der Waals surface area contributed by atoms with E-state index in [1.807, 2.05) is 31.2 Å². The van der Waals surface area contributed by atoms with E-state index in [0.29, 0.717) is 29.9 Å². The van der Waals surface area contributed by atoms with Crippen LogP contribution >= 0.6 is 0 Å². The predicted molar refractivity (Wildman–Crippen MR) is 107 cm³/mol. The zero-order valence-corrected chi connectivity index (χ0v) is 15.8. The molecule has 1 aliphatic carbocycles. The summed E-state index contributed by atoms with van der Waals surface area (Å²) in [5.41, 5.74) is 2.64. The summed E-state index contributed by atoms with van der Waals surface area (Å²) in [6, 6.07) is 8.96. The third kappa shape index (κ3) is 4.06. The lowest BCUT2D eigenvalue weighted by atomic mass is 9.68. The van der Waals surface area contributed by atoms with Crippen molar-refractivity contribution in [3.8, 4) is 0 Å². The zero-order chi connectivity index (χ0) is 18.8. The lowest BCUT2D eigenvalue weighted by Gasteiger charge is -2.46. The Labute approximate surface area is 159 Å². The number of rotatable bonds is 4. The summed E-state index contributed by atoms with van der Waals surface area (Å²) in [4.78, 5) is 17.4. The highest BCUT2D eigenvalue weighted by atomic mass is 19.1. The fourth-order valence-corrected chi connectivity index (χ4v) is 4.86. The highest BCUT2D eigenvalue weighted by Gasteiger charge is 2.38. The first kappa shape index (κ1) is 18.2. The number of hydrogen-bond acceptors (Lipinski definition) is 2. The van der Waals surface area contributed by atoms with E-state index in [1.54, 1.807) is 12.3 Å². The number of hydrogen-bond donors (Lipinski definition) is 1. The number of nitrogens with zero attached hydrogens (tertiary/aromatic N) is 1. The number of benzene rings is 1. The van der Waals surface area contributed by atoms with Crippen molar-refractivity contribution in [3.63, 3.8) is 0 Å². The second kappa shape index (κ2) is 7.81. The van der Waals surface area contributed by atoms with Gasteiger partial charge in [0.1, 0.15) is 5.82 Å². The number of H-pyrrole nitrogens is 1. The molecule has 1 aromatic carbocycles. The zero-order valence-electron chi connectivity index (χ0n) is 15.8. The highest BCUT2D eigenvalue weighted by Crippen LogP contribution is 2.41. The van der Waals surface area contributed by atoms with Crippen molar-refractivity contribution in [1.82, 2.24) is 9.88 Å². The molecule has 4 heteroatoms. The van der Waals surface area contributed by atoms with Crippen molar-refractivity contribution in [1.29, 1.82) is 0 Å². The average Bonchev–Trinajstić information content (AvgIpc) is 2.64. The number of aromatic nitrogens is 1. The van der Waals surface area contributed by atoms with Gasteiger partial charge in [0.05, 0.1) is 0 Å². The summed E-state index contributed by atoms with van der Waals surface area (Å²) < 4.78 is 13.9. The maximum absolute atomic E-state index is 13.9. The van der Waals surface area contributed by atoms with E-state index in [1.165, 1.54) is 25.3 Å². The molecule has 2 fully saturated rings. The lowest BCUT2D eigenvalue weighted by molar-refractivity contribution is 0.0419. The third-order valence-electron chi connectivity index (χ3n) is 6.15. The Morgan fingerprint density at radius 2 is 1.96 bits per heavy atom. The van der Waals surface area contributed by atoms with Gasteiger partial charge in [-0.25, -0.2) is 4.39 Å². The van der Waals surface area contributed by atoms with Crippen molar-refractivity contribution in [2.45, 2.75) is 32.7 Å². The molecule has 0 amide bonds. The standard InChI is InChI=1S/C23H27FN2O/c1-16-11-20(23(27)25-12-16)15-26-13-18-6-4-7-19(14-26)21(18)10-9-17-5-2-3-8-22(17)24/h2-3,5,8-12,18-19,21H,4,6-7,13-15H2,1H3,(H,25,27)/b10-9+. The first-order valence-electron chi connectivity index (χ1n) is 9.93. The summed E-state index contributed by atoms with van der Waals surface area (Å²) >= 11 is 0. The largest absolute Gasteiger partial charge is 0.329 e. The molecule has 1 N–H and O–H groups in total. The molecule has 0 radical (unpaired) electrons. The molecule has 1 aromatic heterocycles. The first-order valence-corrected chi connectivity index (χ1v) is 9.93. The minimum Gasteiger partial charge on any atom is -0.329 e. The first-order chi connectivity index (χ1) is 13.1. The third-order valence-corrected chi connectivity index (χ3v) is 6.15. The second-order valence-corrected chi connectivity index (χ2v) is 8.13. The van der Waals surface area contributed by atoms with Crippen molar-refractivity contribution < 1.29 is 4.39 Å². The number of allylic oxidation sites excluding steroid dienone is 1. The van der Waals surface area contributed by atoms with Gasteiger partial charge in [-0.05, 0) is 55.2 Å². The van der Waals surface area contributed by atoms with Crippen LogP contribution in [0.1, 0.15) is 36.0 Å². The topological polar surface area (TPSA) is 36.1 Å². The van der Waals surface area contributed by atoms with E-state index in [-0.39, 0.29) is 11.4 Å². The summed E-state index contributed by atoms with van der Waals surface area (Å²) in [7, 11) is 0. The average molecular weight is 366 g/mol. The quantitative estimate of drug-likeness (QED) is 0.871. The second-order valence-electron chi connectivity index (χ2n) is 8.13. The SMILES string of the molecule is Cc1c[nH]c(=O)c(CN2CC3CCCC(C2)C3/C=C/c2ccccc2F)c1. The van der Waals surface area contributed by atoms with E-state index in [2.05, 4.69) is 16.0 Å². The van der Waals surface area contributed by atoms with Gasteiger partial charge >= 0.3 is 0 Å². The summed E-state index contributed by atoms with van der Waals surface area (Å²) in [6.07, 6.45) is 9.67. The van der Waals surface area contributed by atoms with Gasteiger partial charge in [0, 0.05) is 37.0 Å². The number of fused-ring (bicyclic) bond motifs is 2. The number of pyridine rings is 1. The Bertz CT molecular complexity index is 874. The fraction of sp³-hybridized carbons (Fsp3) is 0.435. The Morgan fingerprint density at radius 3 is 2.70 bits per heavy atom. The van der Waals surface area contributed by atoms with E-state index >= 15 is 0 Å². The predicted octanol–water partition coefficient (Wildman–Crippen LogP) is 4.38. The molecule has 142 valence electrons. The molecular weight excluding hydrogens is 339 g/mol. The summed E-state index contributed by atoms with van der Waals surface area (Å²) in [6.45, 7) is 4.74. The molecule has 1 saturated heterocycles. The fourth-order valence-electron chi connectivity index (χ4n) is 4.86. The Morgan fingerprint density at radius 1 is 1.22 bits per heavy atom. The molecule has 3 nitrogen and oxygen atoms in total. The molecule has 1 saturated carbocycles. The Balaban J connectivity index is 1.48. The van der Waals surface area contributed by atoms with Crippen molar-refractivity contribution in [2.24, 2.45) is 17.8 Å². The van der Waals surface area contributed by atoms with Crippen LogP contribution in [0.25, 0.3) is 6.08 Å². The molecule has 2 heterocycles. The van der Waals surface area contributed by atoms with Gasteiger partial charge < -0.3 is 4.98 Å². The monoisotopic (exact) mass is 366 g/mol. The molecule has 2 unspecified atom stereocenters. The number of piperidine rings is 1. The van der Waals surface area contributed by atoms with Gasteiger partial charge in [-0.1, -0.05) is 36.8 Å². The smallest absolute Gasteiger partial charge is 0.252 e. The molecule has 4 rings (SSSR count). The van der Waals surface area contributed by atoms with Crippen LogP contribution in [0.2, 0.25) is 0 Å². The molecular formula is C23H27FN2O. The van der Waals surface area contributed by atoms with Crippen LogP contribution in [0.5, 0.6) is 0 Å². The van der Waals surface area contributed by atoms with Gasteiger partial charge in [0.15, 0.2) is 0 Å². The van der Waals surface area contributed by atoms with Crippen molar-refractivity contribution in [3.05, 3.63) is 75.5 Å². The van der Waals surface area contributed by atoms with Gasteiger partial charge in [0.25, 0.3) is 5.56 Å². The van der Waals surface area contributed by atoms with Crippen LogP contribution in [-0.2, 0) is 6.54 Å². The number of halogens is 1. The molecule has 2 aromatic rings. The van der Waals surface area contributed by atoms with Crippen LogP contribution in [0, 0.1) is 30.5 Å². The van der Waals surface area contributed by atoms with E-state index < -0.39 is 0 Å². The van der Waals surface area contributed by atoms with E-state index in [4.69, 9.17) is 0 Å². The molecule has 1 aliphatic heterocycles. The van der Waals surface area contributed by atoms with Crippen LogP contribution in [0.15, 0.2) is 47.4 Å². The Kier molecular flexibility index (Phi) is 5.26. The number of aromatic amines is 1. The lowest BCUT2D eigenvalue weighted by Crippen LogP contribution is -2.48. The van der Waals surface area contributed by atoms with Crippen LogP contribution in [0.4, 0.5) is 4.39 Å². The van der Waals surface area contributed by atoms with E-state index in [9.17, 15) is 9.18 Å². The number of nitrogens with one attached hydrogen (secondary N) is 1. The van der Waals surface area contributed by atoms with Crippen molar-refractivity contribution >= 4 is 6.08 Å². The molecule has 2 bridgehead atoms. The maximum atomic E-state index is 13.9. The van der Waals surface area contributed by atoms with Crippen molar-refractivity contribution in [2.75, 3.05) is 13.1 Å². The summed E-state index contributed by atoms with van der Waals surface area (Å²) in [5.74, 6) is 1.52. The van der Waals surface area contributed by atoms with Gasteiger partial charge in [-0.2, -0.15) is 0 Å². The van der Waals surface area contributed by atoms with Crippen LogP contribution in [0.3, 0.4) is 0 Å². The highest BCUT2D eigenvalue weighted by molar-refractivity contribution is 5.50. The van der Waals surface area contributed by atoms with Crippen LogP contribution < -0.4 is 5.56 Å². The Hall–Kier alpha value is -2.20. The minimum atomic E-state index is -0.157. The molecule has 27 heavy (non-hydrogen) atoms. The van der Waals surface area contributed by atoms with Gasteiger partial charge in [0.2, 0.25) is 0 Å². The minimum absolute atomic E-state index is 0.0207. The van der Waals surface area contributed by atoms with Crippen LogP contribution in [-0.4, -0.2) is 23.0 Å². The molecule has 2 atom stereocenters. The molecule has 2 aliphatic rings. The number of likely N-dealkylation sites (tertiary alicyclic amines) is 1. The maximum Gasteiger partial charge on any atom is 0.252 e. The van der Waals surface area contributed by atoms with Gasteiger partial charge in [-0.15, -0.1) is 0 Å². The number of aryl methyl sites for hydroxylation is 1. The van der Waals surface area contributed by atoms with Gasteiger partial charge in [-0.3, -0.25) is 9.69 Å². The van der Waals surface area contributed by atoms with E-state index in [0.717, 1.165) is 24.2 Å². The molecule has 0 spiro atoms.